The third kappa shape index (κ3) is 10.1. The molecule has 1 aliphatic rings. The lowest BCUT2D eigenvalue weighted by Crippen LogP contribution is -2.75. The highest BCUT2D eigenvalue weighted by Gasteiger charge is 2.50. The summed E-state index contributed by atoms with van der Waals surface area (Å²) < 4.78 is 12.7. The van der Waals surface area contributed by atoms with Crippen molar-refractivity contribution in [2.24, 2.45) is 0 Å². The third-order valence-corrected chi connectivity index (χ3v) is 24.8. The minimum absolute atomic E-state index is 0.421. The van der Waals surface area contributed by atoms with E-state index in [1.165, 1.54) is 15.6 Å². The van der Waals surface area contributed by atoms with E-state index in [2.05, 4.69) is 373 Å². The van der Waals surface area contributed by atoms with E-state index in [0.29, 0.717) is 18.7 Å². The first kappa shape index (κ1) is 58.9. The van der Waals surface area contributed by atoms with Gasteiger partial charge in [0.25, 0.3) is 0 Å². The number of imidazole rings is 2. The Morgan fingerprint density at radius 3 is 1.46 bits per heavy atom. The maximum absolute atomic E-state index is 8.03. The summed E-state index contributed by atoms with van der Waals surface area (Å²) >= 11 is 0. The summed E-state index contributed by atoms with van der Waals surface area (Å²) in [7, 11) is -3.60. The van der Waals surface area contributed by atoms with Gasteiger partial charge < -0.3 is 4.74 Å². The van der Waals surface area contributed by atoms with Gasteiger partial charge in [-0.3, -0.25) is 8.97 Å². The van der Waals surface area contributed by atoms with Crippen molar-refractivity contribution in [1.29, 1.82) is 0 Å². The number of benzene rings is 13. The highest BCUT2D eigenvalue weighted by Crippen LogP contribution is 2.54. The minimum atomic E-state index is -3.60. The number of nitrogens with zero attached hydrogens (tertiary/aromatic N) is 6. The average molecular weight is 1290 g/mol. The maximum Gasteiger partial charge on any atom is 0.220 e. The normalized spacial score (nSPS) is 13.5. The predicted octanol–water partition coefficient (Wildman–Crippen LogP) is 18.9. The molecule has 0 saturated carbocycles. The SMILES string of the molecule is c1ccc(-c2cc(CC3(Cc4nc(-c5ccccc5)nc(-c5ccccc5)c4-c4ccccc4)c4ccccc4Oc4c3cccc4[Si](c3ccccc3)(c3ccccc3)c3cccc(-n4c5ccccc5n5c6ccccc6nc45)c3)c(-c3ccccc3)c(-c3ccccc3)n2)cc1. The monoisotopic (exact) mass is 1280 g/mol. The van der Waals surface area contributed by atoms with Gasteiger partial charge in [0.05, 0.1) is 44.8 Å². The summed E-state index contributed by atoms with van der Waals surface area (Å²) in [5.41, 5.74) is 19.1. The molecule has 0 aliphatic carbocycles. The van der Waals surface area contributed by atoms with E-state index in [9.17, 15) is 0 Å². The summed E-state index contributed by atoms with van der Waals surface area (Å²) in [5, 5.41) is 4.74. The topological polar surface area (TPSA) is 70.1 Å². The van der Waals surface area contributed by atoms with Crippen LogP contribution in [-0.4, -0.2) is 37.0 Å². The molecule has 0 radical (unpaired) electrons. The molecule has 1 aliphatic heterocycles. The van der Waals surface area contributed by atoms with Crippen molar-refractivity contribution in [2.75, 3.05) is 0 Å². The molecule has 7 nitrogen and oxygen atoms in total. The molecule has 0 amide bonds. The van der Waals surface area contributed by atoms with Crippen molar-refractivity contribution in [3.05, 3.63) is 386 Å². The number of hydrogen-bond acceptors (Lipinski definition) is 5. The maximum atomic E-state index is 8.03. The summed E-state index contributed by atoms with van der Waals surface area (Å²) in [6.07, 6.45) is 0.913. The van der Waals surface area contributed by atoms with Crippen molar-refractivity contribution in [3.63, 3.8) is 0 Å². The molecule has 0 N–H and O–H groups in total. The zero-order valence-electron chi connectivity index (χ0n) is 54.1. The van der Waals surface area contributed by atoms with Crippen molar-refractivity contribution in [3.8, 4) is 84.6 Å². The van der Waals surface area contributed by atoms with Crippen LogP contribution >= 0.6 is 0 Å². The van der Waals surface area contributed by atoms with Crippen molar-refractivity contribution < 1.29 is 4.74 Å². The molecule has 8 heteroatoms. The number of pyridine rings is 1. The fourth-order valence-corrected chi connectivity index (χ4v) is 20.6. The first-order chi connectivity index (χ1) is 49.1. The van der Waals surface area contributed by atoms with E-state index < -0.39 is 13.5 Å². The Morgan fingerprint density at radius 1 is 0.343 bits per heavy atom. The van der Waals surface area contributed by atoms with Crippen molar-refractivity contribution in [2.45, 2.75) is 18.3 Å². The smallest absolute Gasteiger partial charge is 0.220 e. The summed E-state index contributed by atoms with van der Waals surface area (Å²) in [6, 6.07) is 131. The largest absolute Gasteiger partial charge is 0.457 e. The molecule has 99 heavy (non-hydrogen) atoms. The number of fused-ring (bicyclic) bond motifs is 7. The van der Waals surface area contributed by atoms with E-state index >= 15 is 0 Å². The number of rotatable bonds is 15. The van der Waals surface area contributed by atoms with Crippen LogP contribution in [0.3, 0.4) is 0 Å². The number of ether oxygens (including phenoxy) is 1. The molecule has 5 heterocycles. The summed E-state index contributed by atoms with van der Waals surface area (Å²) in [4.78, 5) is 22.8. The lowest BCUT2D eigenvalue weighted by molar-refractivity contribution is 0.386. The van der Waals surface area contributed by atoms with Gasteiger partial charge in [-0.25, -0.2) is 19.9 Å². The first-order valence-electron chi connectivity index (χ1n) is 33.9. The Labute approximate surface area is 576 Å². The second-order valence-corrected chi connectivity index (χ2v) is 29.4. The molecule has 468 valence electrons. The van der Waals surface area contributed by atoms with Crippen LogP contribution in [-0.2, 0) is 18.3 Å². The van der Waals surface area contributed by atoms with Gasteiger partial charge >= 0.3 is 0 Å². The fourth-order valence-electron chi connectivity index (χ4n) is 15.7. The molecule has 17 aromatic rings. The van der Waals surface area contributed by atoms with Crippen LogP contribution in [0.1, 0.15) is 22.4 Å². The molecule has 1 atom stereocenters. The molecule has 0 fully saturated rings. The van der Waals surface area contributed by atoms with E-state index in [0.717, 1.165) is 134 Å². The van der Waals surface area contributed by atoms with Crippen LogP contribution in [0.2, 0.25) is 0 Å². The predicted molar refractivity (Wildman–Crippen MR) is 407 cm³/mol. The van der Waals surface area contributed by atoms with Gasteiger partial charge in [0.15, 0.2) is 13.9 Å². The molecular formula is C91H64N6OSi. The molecule has 0 saturated heterocycles. The Balaban J connectivity index is 0.978. The third-order valence-electron chi connectivity index (χ3n) is 20.0. The first-order valence-corrected chi connectivity index (χ1v) is 35.9. The zero-order chi connectivity index (χ0) is 65.7. The molecular weight excluding hydrogens is 1220 g/mol. The van der Waals surface area contributed by atoms with Crippen LogP contribution in [0.25, 0.3) is 101 Å². The van der Waals surface area contributed by atoms with E-state index in [-0.39, 0.29) is 0 Å². The Kier molecular flexibility index (Phi) is 14.8. The van der Waals surface area contributed by atoms with Gasteiger partial charge in [-0.15, -0.1) is 0 Å². The molecule has 0 bridgehead atoms. The standard InChI is InChI=1S/C91H64N6OSi/c1-9-33-63(34-10-1)77-59-69(84(64-35-11-2-12-36-64)86(92-77)66-39-15-4-16-40-66)61-91(62-78-85(65-37-13-3-14-38-65)87(67-41-17-5-18-42-67)95-89(93-78)68-43-19-6-20-44-68)74-51-25-30-57-82(74)98-88-75(91)52-32-58-83(88)99(71-46-21-7-22-47-71,72-48-23-8-24-49-72)73-50-31-45-70(60-73)96-80-55-28-29-56-81(80)97-79-54-27-26-53-76(79)94-90(96)97/h1-60H,61-62H2. The molecule has 13 aromatic carbocycles. The van der Waals surface area contributed by atoms with Crippen LogP contribution < -0.4 is 25.5 Å². The summed E-state index contributed by atoms with van der Waals surface area (Å²) in [6.45, 7) is 0. The van der Waals surface area contributed by atoms with Crippen LogP contribution in [0, 0.1) is 0 Å². The Hall–Kier alpha value is -12.6. The van der Waals surface area contributed by atoms with E-state index in [4.69, 9.17) is 24.7 Å². The zero-order valence-corrected chi connectivity index (χ0v) is 55.1. The minimum Gasteiger partial charge on any atom is -0.457 e. The number of aromatic nitrogens is 6. The van der Waals surface area contributed by atoms with E-state index in [1.807, 2.05) is 0 Å². The lowest BCUT2D eigenvalue weighted by atomic mass is 9.64. The fraction of sp³-hybridized carbons (Fsp3) is 0.0330. The second-order valence-electron chi connectivity index (χ2n) is 25.6. The van der Waals surface area contributed by atoms with Crippen LogP contribution in [0.5, 0.6) is 11.5 Å². The molecule has 4 aromatic heterocycles. The van der Waals surface area contributed by atoms with Crippen molar-refractivity contribution >= 4 is 56.7 Å². The van der Waals surface area contributed by atoms with Gasteiger partial charge in [0, 0.05) is 62.0 Å². The number of hydrogen-bond donors (Lipinski definition) is 0. The van der Waals surface area contributed by atoms with Gasteiger partial charge in [-0.05, 0) is 92.4 Å². The van der Waals surface area contributed by atoms with Gasteiger partial charge in [0.2, 0.25) is 5.78 Å². The lowest BCUT2D eigenvalue weighted by Gasteiger charge is -2.44. The average Bonchev–Trinajstić information content (AvgIpc) is 1.06. The highest BCUT2D eigenvalue weighted by atomic mass is 28.3. The molecule has 0 spiro atoms. The quantitative estimate of drug-likeness (QED) is 0.0756. The number of para-hydroxylation sites is 6. The Morgan fingerprint density at radius 2 is 0.828 bits per heavy atom. The molecule has 1 unspecified atom stereocenters. The van der Waals surface area contributed by atoms with Gasteiger partial charge in [-0.2, -0.15) is 0 Å². The van der Waals surface area contributed by atoms with Crippen molar-refractivity contribution in [1.82, 2.24) is 28.9 Å². The summed E-state index contributed by atoms with van der Waals surface area (Å²) in [5.74, 6) is 3.12. The van der Waals surface area contributed by atoms with E-state index in [1.54, 1.807) is 0 Å². The Bertz CT molecular complexity index is 5600. The van der Waals surface area contributed by atoms with Crippen LogP contribution in [0.15, 0.2) is 364 Å². The van der Waals surface area contributed by atoms with Gasteiger partial charge in [0.1, 0.15) is 11.5 Å². The van der Waals surface area contributed by atoms with Gasteiger partial charge in [-0.1, -0.05) is 315 Å². The highest BCUT2D eigenvalue weighted by molar-refractivity contribution is 7.20. The van der Waals surface area contributed by atoms with Crippen LogP contribution in [0.4, 0.5) is 0 Å². The molecule has 18 rings (SSSR count). The second kappa shape index (κ2) is 24.9.